The lowest BCUT2D eigenvalue weighted by Crippen LogP contribution is -2.27. The van der Waals surface area contributed by atoms with Gasteiger partial charge in [-0.2, -0.15) is 0 Å². The molecule has 0 aromatic carbocycles. The first-order valence-corrected chi connectivity index (χ1v) is 6.21. The average Bonchev–Trinajstić information content (AvgIpc) is 2.81. The molecule has 2 aliphatic rings. The quantitative estimate of drug-likeness (QED) is 0.822. The van der Waals surface area contributed by atoms with E-state index < -0.39 is 0 Å². The second kappa shape index (κ2) is 3.73. The third kappa shape index (κ3) is 1.87. The van der Waals surface area contributed by atoms with Crippen LogP contribution in [0.3, 0.4) is 0 Å². The van der Waals surface area contributed by atoms with Crippen LogP contribution in [0.5, 0.6) is 0 Å². The lowest BCUT2D eigenvalue weighted by Gasteiger charge is -2.18. The third-order valence-electron chi connectivity index (χ3n) is 3.02. The Morgan fingerprint density at radius 3 is 3.20 bits per heavy atom. The first-order chi connectivity index (χ1) is 7.31. The highest BCUT2D eigenvalue weighted by atomic mass is 32.1. The highest BCUT2D eigenvalue weighted by Crippen LogP contribution is 2.30. The molecule has 1 saturated heterocycles. The van der Waals surface area contributed by atoms with E-state index in [1.165, 1.54) is 23.4 Å². The van der Waals surface area contributed by atoms with Crippen molar-refractivity contribution in [2.45, 2.75) is 32.0 Å². The summed E-state index contributed by atoms with van der Waals surface area (Å²) in [6.07, 6.45) is 2.86. The summed E-state index contributed by atoms with van der Waals surface area (Å²) in [5.41, 5.74) is 6.84. The van der Waals surface area contributed by atoms with Gasteiger partial charge in [-0.25, -0.2) is 4.98 Å². The highest BCUT2D eigenvalue weighted by molar-refractivity contribution is 7.15. The molecule has 1 aromatic heterocycles. The molecule has 0 saturated carbocycles. The Kier molecular flexibility index (Phi) is 2.38. The van der Waals surface area contributed by atoms with Crippen LogP contribution in [-0.4, -0.2) is 29.1 Å². The monoisotopic (exact) mass is 225 g/mol. The van der Waals surface area contributed by atoms with Crippen molar-refractivity contribution in [3.63, 3.8) is 0 Å². The van der Waals surface area contributed by atoms with Crippen LogP contribution in [0.2, 0.25) is 0 Å². The Morgan fingerprint density at radius 1 is 1.53 bits per heavy atom. The molecule has 3 rings (SSSR count). The highest BCUT2D eigenvalue weighted by Gasteiger charge is 2.26. The van der Waals surface area contributed by atoms with Gasteiger partial charge in [-0.3, -0.25) is 4.90 Å². The number of anilines is 1. The van der Waals surface area contributed by atoms with Crippen molar-refractivity contribution in [3.8, 4) is 0 Å². The molecule has 0 spiro atoms. The van der Waals surface area contributed by atoms with Crippen molar-refractivity contribution in [1.82, 2.24) is 9.88 Å². The molecule has 0 aliphatic carbocycles. The predicted molar refractivity (Wildman–Crippen MR) is 59.6 cm³/mol. The largest absolute Gasteiger partial charge is 0.377 e. The summed E-state index contributed by atoms with van der Waals surface area (Å²) < 4.78 is 5.63. The molecule has 2 aliphatic heterocycles. The number of fused-ring (bicyclic) bond motifs is 1. The summed E-state index contributed by atoms with van der Waals surface area (Å²) in [6.45, 7) is 3.93. The number of nitrogen functional groups attached to an aromatic ring is 1. The fourth-order valence-electron chi connectivity index (χ4n) is 2.33. The number of hydrogen-bond acceptors (Lipinski definition) is 5. The molecule has 1 aromatic rings. The molecule has 4 nitrogen and oxygen atoms in total. The molecule has 2 N–H and O–H groups in total. The van der Waals surface area contributed by atoms with Crippen LogP contribution in [0.15, 0.2) is 0 Å². The summed E-state index contributed by atoms with van der Waals surface area (Å²) in [7, 11) is 0. The predicted octanol–water partition coefficient (Wildman–Crippen LogP) is 1.22. The molecule has 15 heavy (non-hydrogen) atoms. The standard InChI is InChI=1S/C10H15N3OS/c11-10-12-8-5-13(6-9(8)15-10)4-7-2-1-3-14-7/h7H,1-6H2,(H2,11,12). The van der Waals surface area contributed by atoms with Gasteiger partial charge in [0.1, 0.15) is 0 Å². The van der Waals surface area contributed by atoms with Crippen molar-refractivity contribution in [3.05, 3.63) is 10.6 Å². The molecule has 5 heteroatoms. The molecule has 0 radical (unpaired) electrons. The van der Waals surface area contributed by atoms with Gasteiger partial charge in [-0.15, -0.1) is 11.3 Å². The van der Waals surface area contributed by atoms with Crippen LogP contribution in [0.25, 0.3) is 0 Å². The zero-order valence-corrected chi connectivity index (χ0v) is 9.42. The summed E-state index contributed by atoms with van der Waals surface area (Å²) >= 11 is 1.62. The van der Waals surface area contributed by atoms with Crippen molar-refractivity contribution < 1.29 is 4.74 Å². The van der Waals surface area contributed by atoms with Crippen LogP contribution in [0.4, 0.5) is 5.13 Å². The van der Waals surface area contributed by atoms with Gasteiger partial charge in [0.15, 0.2) is 5.13 Å². The molecular formula is C10H15N3OS. The number of ether oxygens (including phenoxy) is 1. The van der Waals surface area contributed by atoms with E-state index in [1.54, 1.807) is 11.3 Å². The van der Waals surface area contributed by atoms with E-state index in [1.807, 2.05) is 0 Å². The van der Waals surface area contributed by atoms with Gasteiger partial charge >= 0.3 is 0 Å². The Bertz CT molecular complexity index is 336. The van der Waals surface area contributed by atoms with Crippen LogP contribution < -0.4 is 5.73 Å². The van der Waals surface area contributed by atoms with E-state index in [4.69, 9.17) is 10.5 Å². The average molecular weight is 225 g/mol. The van der Waals surface area contributed by atoms with E-state index in [2.05, 4.69) is 9.88 Å². The van der Waals surface area contributed by atoms with E-state index in [9.17, 15) is 0 Å². The second-order valence-corrected chi connectivity index (χ2v) is 5.34. The number of nitrogens with zero attached hydrogens (tertiary/aromatic N) is 2. The number of hydrogen-bond donors (Lipinski definition) is 1. The van der Waals surface area contributed by atoms with E-state index in [0.717, 1.165) is 26.2 Å². The molecule has 3 heterocycles. The summed E-state index contributed by atoms with van der Waals surface area (Å²) in [4.78, 5) is 8.07. The second-order valence-electron chi connectivity index (χ2n) is 4.23. The van der Waals surface area contributed by atoms with Gasteiger partial charge in [-0.1, -0.05) is 0 Å². The number of aromatic nitrogens is 1. The van der Waals surface area contributed by atoms with Crippen LogP contribution in [0, 0.1) is 0 Å². The lowest BCUT2D eigenvalue weighted by molar-refractivity contribution is 0.0722. The summed E-state index contributed by atoms with van der Waals surface area (Å²) in [6, 6.07) is 0. The maximum atomic E-state index is 5.66. The van der Waals surface area contributed by atoms with Crippen LogP contribution in [0.1, 0.15) is 23.4 Å². The zero-order chi connectivity index (χ0) is 10.3. The first-order valence-electron chi connectivity index (χ1n) is 5.39. The van der Waals surface area contributed by atoms with Crippen molar-refractivity contribution in [1.29, 1.82) is 0 Å². The lowest BCUT2D eigenvalue weighted by atomic mass is 10.2. The Labute approximate surface area is 93.0 Å². The maximum absolute atomic E-state index is 5.66. The Morgan fingerprint density at radius 2 is 2.47 bits per heavy atom. The van der Waals surface area contributed by atoms with E-state index in [-0.39, 0.29) is 0 Å². The Balaban J connectivity index is 1.61. The van der Waals surface area contributed by atoms with Crippen LogP contribution >= 0.6 is 11.3 Å². The van der Waals surface area contributed by atoms with Gasteiger partial charge in [0.2, 0.25) is 0 Å². The maximum Gasteiger partial charge on any atom is 0.180 e. The van der Waals surface area contributed by atoms with Crippen molar-refractivity contribution >= 4 is 16.5 Å². The molecule has 1 atom stereocenters. The van der Waals surface area contributed by atoms with E-state index in [0.29, 0.717) is 11.2 Å². The topological polar surface area (TPSA) is 51.4 Å². The van der Waals surface area contributed by atoms with Crippen LogP contribution in [-0.2, 0) is 17.8 Å². The summed E-state index contributed by atoms with van der Waals surface area (Å²) in [5, 5.41) is 0.705. The molecule has 82 valence electrons. The summed E-state index contributed by atoms with van der Waals surface area (Å²) in [5.74, 6) is 0. The van der Waals surface area contributed by atoms with Crippen molar-refractivity contribution in [2.24, 2.45) is 0 Å². The van der Waals surface area contributed by atoms with Gasteiger partial charge < -0.3 is 10.5 Å². The molecule has 1 unspecified atom stereocenters. The van der Waals surface area contributed by atoms with Gasteiger partial charge in [0.05, 0.1) is 11.8 Å². The van der Waals surface area contributed by atoms with Gasteiger partial charge in [0, 0.05) is 31.1 Å². The minimum Gasteiger partial charge on any atom is -0.377 e. The number of thiazole rings is 1. The smallest absolute Gasteiger partial charge is 0.180 e. The van der Waals surface area contributed by atoms with Crippen molar-refractivity contribution in [2.75, 3.05) is 18.9 Å². The Hall–Kier alpha value is -0.650. The fraction of sp³-hybridized carbons (Fsp3) is 0.700. The normalized spacial score (nSPS) is 26.0. The first kappa shape index (κ1) is 9.57. The molecule has 1 fully saturated rings. The third-order valence-corrected chi connectivity index (χ3v) is 3.93. The minimum atomic E-state index is 0.441. The van der Waals surface area contributed by atoms with Gasteiger partial charge in [0.25, 0.3) is 0 Å². The zero-order valence-electron chi connectivity index (χ0n) is 8.61. The molecule has 0 amide bonds. The molecular weight excluding hydrogens is 210 g/mol. The molecule has 0 bridgehead atoms. The minimum absolute atomic E-state index is 0.441. The SMILES string of the molecule is Nc1nc2c(s1)CN(CC1CCCO1)C2. The van der Waals surface area contributed by atoms with Gasteiger partial charge in [-0.05, 0) is 12.8 Å². The number of nitrogens with two attached hydrogens (primary N) is 1. The van der Waals surface area contributed by atoms with E-state index >= 15 is 0 Å². The fourth-order valence-corrected chi connectivity index (χ4v) is 3.21. The number of rotatable bonds is 2.